The van der Waals surface area contributed by atoms with Gasteiger partial charge >= 0.3 is 17.8 Å². The number of rotatable bonds is 6. The molecular formula is C22H24FN3O4. The number of imide groups is 2. The van der Waals surface area contributed by atoms with E-state index >= 15 is 0 Å². The minimum Gasteiger partial charge on any atom is -0.318 e. The summed E-state index contributed by atoms with van der Waals surface area (Å²) < 4.78 is 15.8. The van der Waals surface area contributed by atoms with Gasteiger partial charge < -0.3 is 4.57 Å². The predicted molar refractivity (Wildman–Crippen MR) is 108 cm³/mol. The van der Waals surface area contributed by atoms with E-state index in [0.717, 1.165) is 4.90 Å². The van der Waals surface area contributed by atoms with Gasteiger partial charge in [-0.05, 0) is 50.5 Å². The Morgan fingerprint density at radius 3 is 2.23 bits per heavy atom. The van der Waals surface area contributed by atoms with Crippen LogP contribution in [0.15, 0.2) is 24.3 Å². The highest BCUT2D eigenvalue weighted by Crippen LogP contribution is 2.24. The summed E-state index contributed by atoms with van der Waals surface area (Å²) in [7, 11) is 0. The van der Waals surface area contributed by atoms with Crippen molar-refractivity contribution in [1.29, 1.82) is 0 Å². The van der Waals surface area contributed by atoms with E-state index in [0.29, 0.717) is 33.1 Å². The molecule has 4 amide bonds. The lowest BCUT2D eigenvalue weighted by Crippen LogP contribution is -2.38. The number of benzene rings is 1. The molecule has 0 spiro atoms. The van der Waals surface area contributed by atoms with Crippen LogP contribution in [0.4, 0.5) is 9.18 Å². The van der Waals surface area contributed by atoms with Crippen LogP contribution in [0.25, 0.3) is 5.69 Å². The van der Waals surface area contributed by atoms with Gasteiger partial charge in [-0.1, -0.05) is 19.9 Å². The fraction of sp³-hybridized carbons (Fsp3) is 0.364. The Kier molecular flexibility index (Phi) is 5.61. The Morgan fingerprint density at radius 2 is 1.63 bits per heavy atom. The SMILES string of the molecule is Cc1ccc(-n2c(C)cc(C(=O)CN3C(=O)C(=O)N(CC(C)C)C3=O)c2C)cc1F. The fourth-order valence-electron chi connectivity index (χ4n) is 3.61. The molecule has 1 aliphatic heterocycles. The number of aryl methyl sites for hydroxylation is 2. The quantitative estimate of drug-likeness (QED) is 0.414. The molecule has 1 saturated heterocycles. The summed E-state index contributed by atoms with van der Waals surface area (Å²) >= 11 is 0. The lowest BCUT2D eigenvalue weighted by Gasteiger charge is -2.16. The van der Waals surface area contributed by atoms with E-state index in [1.807, 2.05) is 13.8 Å². The van der Waals surface area contributed by atoms with Gasteiger partial charge in [0.1, 0.15) is 5.82 Å². The van der Waals surface area contributed by atoms with Crippen molar-refractivity contribution in [3.8, 4) is 5.69 Å². The standard InChI is InChI=1S/C22H24FN3O4/c1-12(2)10-24-20(28)21(29)25(22(24)30)11-19(27)17-8-14(4)26(15(17)5)16-7-6-13(3)18(23)9-16/h6-9,12H,10-11H2,1-5H3. The highest BCUT2D eigenvalue weighted by atomic mass is 19.1. The second-order valence-electron chi connectivity index (χ2n) is 7.96. The van der Waals surface area contributed by atoms with Crippen LogP contribution in [0, 0.1) is 32.5 Å². The van der Waals surface area contributed by atoms with Crippen LogP contribution in [-0.2, 0) is 9.59 Å². The Hall–Kier alpha value is -3.29. The number of Topliss-reactive ketones (excluding diaryl/α,β-unsaturated/α-hetero) is 1. The molecule has 8 heteroatoms. The summed E-state index contributed by atoms with van der Waals surface area (Å²) in [5.74, 6) is -2.74. The number of hydrogen-bond acceptors (Lipinski definition) is 4. The van der Waals surface area contributed by atoms with Gasteiger partial charge in [-0.3, -0.25) is 19.3 Å². The molecule has 0 atom stereocenters. The van der Waals surface area contributed by atoms with Crippen molar-refractivity contribution >= 4 is 23.6 Å². The molecule has 0 saturated carbocycles. The Bertz CT molecular complexity index is 1070. The number of aromatic nitrogens is 1. The van der Waals surface area contributed by atoms with Crippen molar-refractivity contribution in [3.05, 3.63) is 52.6 Å². The monoisotopic (exact) mass is 413 g/mol. The highest BCUT2D eigenvalue weighted by molar-refractivity contribution is 6.45. The third-order valence-electron chi connectivity index (χ3n) is 5.13. The molecule has 0 aliphatic carbocycles. The molecule has 2 heterocycles. The normalized spacial score (nSPS) is 14.4. The van der Waals surface area contributed by atoms with Crippen LogP contribution in [0.2, 0.25) is 0 Å². The third-order valence-corrected chi connectivity index (χ3v) is 5.13. The van der Waals surface area contributed by atoms with E-state index in [1.54, 1.807) is 43.5 Å². The number of carbonyl (C=O) groups excluding carboxylic acids is 4. The first-order valence-electron chi connectivity index (χ1n) is 9.69. The van der Waals surface area contributed by atoms with E-state index in [1.165, 1.54) is 6.07 Å². The first-order chi connectivity index (χ1) is 14.0. The summed E-state index contributed by atoms with van der Waals surface area (Å²) in [6.45, 7) is 8.39. The first-order valence-corrected chi connectivity index (χ1v) is 9.69. The molecule has 0 bridgehead atoms. The molecule has 0 radical (unpaired) electrons. The van der Waals surface area contributed by atoms with E-state index in [-0.39, 0.29) is 18.3 Å². The fourth-order valence-corrected chi connectivity index (χ4v) is 3.61. The summed E-state index contributed by atoms with van der Waals surface area (Å²) in [5, 5.41) is 0. The van der Waals surface area contributed by atoms with Gasteiger partial charge in [-0.25, -0.2) is 14.1 Å². The van der Waals surface area contributed by atoms with Crippen molar-refractivity contribution < 1.29 is 23.6 Å². The number of ketones is 1. The minimum atomic E-state index is -0.997. The molecule has 0 unspecified atom stereocenters. The van der Waals surface area contributed by atoms with Crippen LogP contribution in [0.5, 0.6) is 0 Å². The molecule has 1 fully saturated rings. The molecule has 7 nitrogen and oxygen atoms in total. The van der Waals surface area contributed by atoms with Crippen LogP contribution in [0.3, 0.4) is 0 Å². The topological polar surface area (TPSA) is 79.7 Å². The van der Waals surface area contributed by atoms with Crippen LogP contribution < -0.4 is 0 Å². The minimum absolute atomic E-state index is 0.00446. The van der Waals surface area contributed by atoms with Crippen LogP contribution >= 0.6 is 0 Å². The molecule has 1 aliphatic rings. The largest absolute Gasteiger partial charge is 0.334 e. The third kappa shape index (κ3) is 3.65. The second-order valence-corrected chi connectivity index (χ2v) is 7.96. The smallest absolute Gasteiger partial charge is 0.318 e. The van der Waals surface area contributed by atoms with Gasteiger partial charge in [0.05, 0.1) is 6.54 Å². The summed E-state index contributed by atoms with van der Waals surface area (Å²) in [6, 6.07) is 5.65. The number of amides is 4. The van der Waals surface area contributed by atoms with E-state index < -0.39 is 30.2 Å². The molecular weight excluding hydrogens is 389 g/mol. The molecule has 1 aromatic carbocycles. The van der Waals surface area contributed by atoms with E-state index in [4.69, 9.17) is 0 Å². The lowest BCUT2D eigenvalue weighted by molar-refractivity contribution is -0.143. The van der Waals surface area contributed by atoms with Gasteiger partial charge in [-0.15, -0.1) is 0 Å². The number of hydrogen-bond donors (Lipinski definition) is 0. The van der Waals surface area contributed by atoms with Crippen molar-refractivity contribution in [1.82, 2.24) is 14.4 Å². The Labute approximate surface area is 174 Å². The van der Waals surface area contributed by atoms with Crippen LogP contribution in [-0.4, -0.2) is 51.1 Å². The number of nitrogens with zero attached hydrogens (tertiary/aromatic N) is 3. The van der Waals surface area contributed by atoms with Crippen molar-refractivity contribution in [2.24, 2.45) is 5.92 Å². The molecule has 1 aromatic heterocycles. The summed E-state index contributed by atoms with van der Waals surface area (Å²) in [6.07, 6.45) is 0. The van der Waals surface area contributed by atoms with E-state index in [2.05, 4.69) is 0 Å². The zero-order chi connectivity index (χ0) is 22.3. The van der Waals surface area contributed by atoms with Gasteiger partial charge in [0.2, 0.25) is 0 Å². The van der Waals surface area contributed by atoms with Crippen molar-refractivity contribution in [2.75, 3.05) is 13.1 Å². The lowest BCUT2D eigenvalue weighted by atomic mass is 10.1. The molecule has 0 N–H and O–H groups in total. The number of carbonyl (C=O) groups is 4. The molecule has 3 rings (SSSR count). The van der Waals surface area contributed by atoms with Gasteiger partial charge in [0.15, 0.2) is 5.78 Å². The van der Waals surface area contributed by atoms with Gasteiger partial charge in [0.25, 0.3) is 0 Å². The Balaban J connectivity index is 1.88. The second kappa shape index (κ2) is 7.85. The van der Waals surface area contributed by atoms with E-state index in [9.17, 15) is 23.6 Å². The molecule has 30 heavy (non-hydrogen) atoms. The Morgan fingerprint density at radius 1 is 1.00 bits per heavy atom. The summed E-state index contributed by atoms with van der Waals surface area (Å²) in [4.78, 5) is 51.3. The van der Waals surface area contributed by atoms with Crippen molar-refractivity contribution in [2.45, 2.75) is 34.6 Å². The zero-order valence-corrected chi connectivity index (χ0v) is 17.7. The summed E-state index contributed by atoms with van der Waals surface area (Å²) in [5.41, 5.74) is 2.66. The number of halogens is 1. The van der Waals surface area contributed by atoms with Crippen molar-refractivity contribution in [3.63, 3.8) is 0 Å². The average molecular weight is 413 g/mol. The molecule has 158 valence electrons. The van der Waals surface area contributed by atoms with Gasteiger partial charge in [-0.2, -0.15) is 0 Å². The predicted octanol–water partition coefficient (Wildman–Crippen LogP) is 3.17. The highest BCUT2D eigenvalue weighted by Gasteiger charge is 2.45. The maximum absolute atomic E-state index is 14.0. The van der Waals surface area contributed by atoms with Crippen LogP contribution in [0.1, 0.15) is 41.2 Å². The maximum Gasteiger partial charge on any atom is 0.334 e. The van der Waals surface area contributed by atoms with Gasteiger partial charge in [0, 0.05) is 29.2 Å². The first kappa shape index (κ1) is 21.4. The maximum atomic E-state index is 14.0. The number of urea groups is 1. The molecule has 2 aromatic rings. The zero-order valence-electron chi connectivity index (χ0n) is 17.7. The average Bonchev–Trinajstić information content (AvgIpc) is 3.07.